The van der Waals surface area contributed by atoms with Crippen molar-refractivity contribution in [3.63, 3.8) is 0 Å². The summed E-state index contributed by atoms with van der Waals surface area (Å²) in [6.07, 6.45) is 5.07. The molecule has 4 nitrogen and oxygen atoms in total. The number of nitrogens with one attached hydrogen (secondary N) is 1. The first-order chi connectivity index (χ1) is 8.84. The molecule has 1 aromatic carbocycles. The van der Waals surface area contributed by atoms with Crippen molar-refractivity contribution >= 4 is 0 Å². The summed E-state index contributed by atoms with van der Waals surface area (Å²) in [7, 11) is 1.99. The maximum absolute atomic E-state index is 4.10. The van der Waals surface area contributed by atoms with Crippen LogP contribution in [0.25, 0.3) is 0 Å². The molecular weight excluding hydrogens is 224 g/mol. The molecule has 94 valence electrons. The number of hydrogen-bond donors (Lipinski definition) is 1. The van der Waals surface area contributed by atoms with E-state index in [4.69, 9.17) is 0 Å². The number of aryl methyl sites for hydroxylation is 2. The maximum atomic E-state index is 4.10. The molecule has 1 atom stereocenters. The Labute approximate surface area is 107 Å². The minimum atomic E-state index is 0.509. The highest BCUT2D eigenvalue weighted by atomic mass is 15.2. The first-order valence-corrected chi connectivity index (χ1v) is 6.48. The van der Waals surface area contributed by atoms with Gasteiger partial charge < -0.3 is 9.88 Å². The fourth-order valence-electron chi connectivity index (χ4n) is 2.66. The molecule has 0 saturated carbocycles. The van der Waals surface area contributed by atoms with E-state index >= 15 is 0 Å². The van der Waals surface area contributed by atoms with Crippen LogP contribution in [0.1, 0.15) is 29.4 Å². The van der Waals surface area contributed by atoms with Gasteiger partial charge in [0.15, 0.2) is 0 Å². The Bertz CT molecular complexity index is 532. The summed E-state index contributed by atoms with van der Waals surface area (Å²) in [5, 5.41) is 11.6. The summed E-state index contributed by atoms with van der Waals surface area (Å²) in [6, 6.07) is 9.24. The highest BCUT2D eigenvalue weighted by Crippen LogP contribution is 2.30. The van der Waals surface area contributed by atoms with Crippen LogP contribution in [0.4, 0.5) is 0 Å². The molecule has 0 saturated heterocycles. The van der Waals surface area contributed by atoms with E-state index in [9.17, 15) is 0 Å². The van der Waals surface area contributed by atoms with E-state index in [-0.39, 0.29) is 0 Å². The van der Waals surface area contributed by atoms with Crippen LogP contribution < -0.4 is 5.32 Å². The number of fused-ring (bicyclic) bond motifs is 1. The Morgan fingerprint density at radius 1 is 1.39 bits per heavy atom. The fourth-order valence-corrected chi connectivity index (χ4v) is 2.66. The highest BCUT2D eigenvalue weighted by molar-refractivity contribution is 5.34. The Balaban J connectivity index is 1.58. The van der Waals surface area contributed by atoms with Crippen LogP contribution in [0.15, 0.2) is 30.6 Å². The zero-order valence-electron chi connectivity index (χ0n) is 10.6. The SMILES string of the molecule is Cn1cnnc1CCNC1CCc2ccccc21. The van der Waals surface area contributed by atoms with Gasteiger partial charge in [0.1, 0.15) is 12.2 Å². The summed E-state index contributed by atoms with van der Waals surface area (Å²) in [6.45, 7) is 0.950. The molecule has 0 fully saturated rings. The van der Waals surface area contributed by atoms with Crippen LogP contribution in [-0.2, 0) is 19.9 Å². The van der Waals surface area contributed by atoms with Gasteiger partial charge in [0.05, 0.1) is 0 Å². The molecule has 1 N–H and O–H groups in total. The molecule has 1 aliphatic carbocycles. The van der Waals surface area contributed by atoms with Crippen LogP contribution in [-0.4, -0.2) is 21.3 Å². The van der Waals surface area contributed by atoms with Crippen LogP contribution in [0.5, 0.6) is 0 Å². The lowest BCUT2D eigenvalue weighted by atomic mass is 10.1. The second-order valence-corrected chi connectivity index (χ2v) is 4.85. The smallest absolute Gasteiger partial charge is 0.133 e. The third kappa shape index (κ3) is 2.16. The number of rotatable bonds is 4. The Morgan fingerprint density at radius 3 is 3.11 bits per heavy atom. The van der Waals surface area contributed by atoms with Crippen LogP contribution in [0, 0.1) is 0 Å². The topological polar surface area (TPSA) is 42.7 Å². The van der Waals surface area contributed by atoms with Gasteiger partial charge in [-0.15, -0.1) is 10.2 Å². The van der Waals surface area contributed by atoms with E-state index < -0.39 is 0 Å². The van der Waals surface area contributed by atoms with Crippen molar-refractivity contribution in [3.05, 3.63) is 47.5 Å². The number of benzene rings is 1. The number of aromatic nitrogens is 3. The summed E-state index contributed by atoms with van der Waals surface area (Å²) < 4.78 is 1.98. The molecule has 0 amide bonds. The zero-order valence-corrected chi connectivity index (χ0v) is 10.6. The minimum Gasteiger partial charge on any atom is -0.321 e. The van der Waals surface area contributed by atoms with Gasteiger partial charge in [-0.25, -0.2) is 0 Å². The van der Waals surface area contributed by atoms with Crippen molar-refractivity contribution in [3.8, 4) is 0 Å². The van der Waals surface area contributed by atoms with Gasteiger partial charge in [-0.2, -0.15) is 0 Å². The minimum absolute atomic E-state index is 0.509. The standard InChI is InChI=1S/C14H18N4/c1-18-10-16-17-14(18)8-9-15-13-7-6-11-4-2-3-5-12(11)13/h2-5,10,13,15H,6-9H2,1H3. The zero-order chi connectivity index (χ0) is 12.4. The monoisotopic (exact) mass is 242 g/mol. The van der Waals surface area contributed by atoms with Crippen molar-refractivity contribution in [1.82, 2.24) is 20.1 Å². The highest BCUT2D eigenvalue weighted by Gasteiger charge is 2.20. The molecule has 1 aromatic heterocycles. The van der Waals surface area contributed by atoms with Crippen molar-refractivity contribution in [2.24, 2.45) is 7.05 Å². The van der Waals surface area contributed by atoms with Crippen molar-refractivity contribution in [2.75, 3.05) is 6.54 Å². The van der Waals surface area contributed by atoms with Gasteiger partial charge in [-0.3, -0.25) is 0 Å². The molecular formula is C14H18N4. The molecule has 0 aliphatic heterocycles. The number of hydrogen-bond acceptors (Lipinski definition) is 3. The molecule has 1 unspecified atom stereocenters. The molecule has 1 heterocycles. The average Bonchev–Trinajstić information content (AvgIpc) is 2.97. The molecule has 2 aromatic rings. The van der Waals surface area contributed by atoms with E-state index in [1.54, 1.807) is 6.33 Å². The Morgan fingerprint density at radius 2 is 2.28 bits per heavy atom. The summed E-state index contributed by atoms with van der Waals surface area (Å²) in [5.74, 6) is 1.04. The first-order valence-electron chi connectivity index (χ1n) is 6.48. The summed E-state index contributed by atoms with van der Waals surface area (Å²) in [4.78, 5) is 0. The van der Waals surface area contributed by atoms with E-state index in [2.05, 4.69) is 39.8 Å². The Hall–Kier alpha value is -1.68. The van der Waals surface area contributed by atoms with Gasteiger partial charge in [-0.1, -0.05) is 24.3 Å². The molecule has 3 rings (SSSR count). The van der Waals surface area contributed by atoms with E-state index in [1.165, 1.54) is 24.0 Å². The van der Waals surface area contributed by atoms with E-state index in [1.807, 2.05) is 11.6 Å². The Kier molecular flexibility index (Phi) is 3.11. The average molecular weight is 242 g/mol. The molecule has 0 bridgehead atoms. The predicted octanol–water partition coefficient (Wildman–Crippen LogP) is 1.63. The molecule has 4 heteroatoms. The second kappa shape index (κ2) is 4.90. The lowest BCUT2D eigenvalue weighted by Crippen LogP contribution is -2.22. The quantitative estimate of drug-likeness (QED) is 0.886. The lowest BCUT2D eigenvalue weighted by molar-refractivity contribution is 0.526. The van der Waals surface area contributed by atoms with Gasteiger partial charge in [0.2, 0.25) is 0 Å². The van der Waals surface area contributed by atoms with Crippen molar-refractivity contribution in [1.29, 1.82) is 0 Å². The van der Waals surface area contributed by atoms with E-state index in [0.717, 1.165) is 18.8 Å². The largest absolute Gasteiger partial charge is 0.321 e. The summed E-state index contributed by atoms with van der Waals surface area (Å²) >= 11 is 0. The predicted molar refractivity (Wildman–Crippen MR) is 70.2 cm³/mol. The molecule has 0 radical (unpaired) electrons. The first kappa shape index (κ1) is 11.4. The van der Waals surface area contributed by atoms with Crippen LogP contribution in [0.2, 0.25) is 0 Å². The third-order valence-electron chi connectivity index (χ3n) is 3.68. The molecule has 0 spiro atoms. The van der Waals surface area contributed by atoms with Crippen molar-refractivity contribution < 1.29 is 0 Å². The summed E-state index contributed by atoms with van der Waals surface area (Å²) in [5.41, 5.74) is 2.96. The van der Waals surface area contributed by atoms with Gasteiger partial charge in [0.25, 0.3) is 0 Å². The molecule has 1 aliphatic rings. The lowest BCUT2D eigenvalue weighted by Gasteiger charge is -2.13. The van der Waals surface area contributed by atoms with E-state index in [0.29, 0.717) is 6.04 Å². The van der Waals surface area contributed by atoms with Gasteiger partial charge in [0, 0.05) is 26.1 Å². The van der Waals surface area contributed by atoms with Crippen LogP contribution >= 0.6 is 0 Å². The normalized spacial score (nSPS) is 17.9. The van der Waals surface area contributed by atoms with Gasteiger partial charge >= 0.3 is 0 Å². The van der Waals surface area contributed by atoms with Crippen molar-refractivity contribution in [2.45, 2.75) is 25.3 Å². The third-order valence-corrected chi connectivity index (χ3v) is 3.68. The second-order valence-electron chi connectivity index (χ2n) is 4.85. The fraction of sp³-hybridized carbons (Fsp3) is 0.429. The van der Waals surface area contributed by atoms with Crippen LogP contribution in [0.3, 0.4) is 0 Å². The van der Waals surface area contributed by atoms with Gasteiger partial charge in [-0.05, 0) is 24.0 Å². The number of nitrogens with zero attached hydrogens (tertiary/aromatic N) is 3. The molecule has 18 heavy (non-hydrogen) atoms. The maximum Gasteiger partial charge on any atom is 0.133 e.